The van der Waals surface area contributed by atoms with Gasteiger partial charge in [-0.2, -0.15) is 10.2 Å². The van der Waals surface area contributed by atoms with Crippen LogP contribution in [0.25, 0.3) is 22.2 Å². The van der Waals surface area contributed by atoms with E-state index in [0.29, 0.717) is 28.2 Å². The molecule has 0 aliphatic heterocycles. The quantitative estimate of drug-likeness (QED) is 0.318. The van der Waals surface area contributed by atoms with Crippen molar-refractivity contribution in [2.75, 3.05) is 5.32 Å². The van der Waals surface area contributed by atoms with Crippen LogP contribution in [0.5, 0.6) is 0 Å². The molecular formula is C25H19BrF2N6O. The van der Waals surface area contributed by atoms with Gasteiger partial charge >= 0.3 is 0 Å². The molecule has 0 saturated heterocycles. The zero-order valence-electron chi connectivity index (χ0n) is 18.5. The Morgan fingerprint density at radius 1 is 1.00 bits per heavy atom. The summed E-state index contributed by atoms with van der Waals surface area (Å²) in [5, 5.41) is 12.5. The highest BCUT2D eigenvalue weighted by Crippen LogP contribution is 2.30. The number of hydrogen-bond donors (Lipinski definition) is 1. The molecule has 5 aromatic rings. The van der Waals surface area contributed by atoms with Gasteiger partial charge in [-0.15, -0.1) is 0 Å². The molecule has 7 nitrogen and oxygen atoms in total. The Morgan fingerprint density at radius 2 is 1.69 bits per heavy atom. The second-order valence-corrected chi connectivity index (χ2v) is 8.86. The van der Waals surface area contributed by atoms with E-state index in [1.165, 1.54) is 28.9 Å². The maximum absolute atomic E-state index is 13.4. The van der Waals surface area contributed by atoms with Gasteiger partial charge in [0.25, 0.3) is 0 Å². The summed E-state index contributed by atoms with van der Waals surface area (Å²) in [6, 6.07) is 14.2. The average molecular weight is 537 g/mol. The highest BCUT2D eigenvalue weighted by molar-refractivity contribution is 9.10. The first-order valence-electron chi connectivity index (χ1n) is 10.7. The summed E-state index contributed by atoms with van der Waals surface area (Å²) in [5.74, 6) is -0.570. The number of carbonyl (C=O) groups is 1. The van der Waals surface area contributed by atoms with Crippen LogP contribution in [-0.2, 0) is 17.9 Å². The molecule has 0 bridgehead atoms. The van der Waals surface area contributed by atoms with Gasteiger partial charge in [-0.1, -0.05) is 24.3 Å². The van der Waals surface area contributed by atoms with E-state index >= 15 is 0 Å². The number of nitrogens with zero attached hydrogens (tertiary/aromatic N) is 5. The number of rotatable bonds is 6. The molecule has 0 spiro atoms. The van der Waals surface area contributed by atoms with Crippen molar-refractivity contribution in [1.29, 1.82) is 0 Å². The van der Waals surface area contributed by atoms with Gasteiger partial charge in [0.15, 0.2) is 11.5 Å². The van der Waals surface area contributed by atoms with E-state index < -0.39 is 0 Å². The van der Waals surface area contributed by atoms with Crippen LogP contribution in [0.4, 0.5) is 14.6 Å². The first-order chi connectivity index (χ1) is 16.9. The highest BCUT2D eigenvalue weighted by Gasteiger charge is 2.17. The molecule has 3 aromatic heterocycles. The Balaban J connectivity index is 1.35. The molecule has 3 heterocycles. The van der Waals surface area contributed by atoms with Crippen molar-refractivity contribution in [3.05, 3.63) is 94.4 Å². The highest BCUT2D eigenvalue weighted by atomic mass is 79.9. The smallest absolute Gasteiger partial charge is 0.247 e. The number of halogens is 3. The fourth-order valence-corrected chi connectivity index (χ4v) is 4.32. The Morgan fingerprint density at radius 3 is 2.40 bits per heavy atom. The lowest BCUT2D eigenvalue weighted by atomic mass is 10.0. The van der Waals surface area contributed by atoms with E-state index in [1.54, 1.807) is 41.3 Å². The summed E-state index contributed by atoms with van der Waals surface area (Å²) >= 11 is 3.42. The summed E-state index contributed by atoms with van der Waals surface area (Å²) in [6.07, 6.45) is 3.38. The van der Waals surface area contributed by atoms with Gasteiger partial charge in [-0.05, 0) is 69.9 Å². The number of benzene rings is 2. The lowest BCUT2D eigenvalue weighted by Gasteiger charge is -2.06. The maximum Gasteiger partial charge on any atom is 0.247 e. The number of aromatic nitrogens is 5. The predicted molar refractivity (Wildman–Crippen MR) is 132 cm³/mol. The summed E-state index contributed by atoms with van der Waals surface area (Å²) < 4.78 is 30.3. The Bertz CT molecular complexity index is 1530. The van der Waals surface area contributed by atoms with Crippen molar-refractivity contribution in [3.63, 3.8) is 0 Å². The van der Waals surface area contributed by atoms with E-state index in [4.69, 9.17) is 0 Å². The van der Waals surface area contributed by atoms with Crippen LogP contribution in [0, 0.1) is 18.6 Å². The molecule has 1 amide bonds. The molecule has 35 heavy (non-hydrogen) atoms. The van der Waals surface area contributed by atoms with Crippen LogP contribution in [0.3, 0.4) is 0 Å². The molecule has 0 fully saturated rings. The zero-order chi connectivity index (χ0) is 24.5. The number of carbonyl (C=O) groups excluding carboxylic acids is 1. The largest absolute Gasteiger partial charge is 0.307 e. The second-order valence-electron chi connectivity index (χ2n) is 8.00. The zero-order valence-corrected chi connectivity index (χ0v) is 20.1. The third kappa shape index (κ3) is 4.83. The van der Waals surface area contributed by atoms with E-state index in [0.717, 1.165) is 22.1 Å². The number of nitrogens with one attached hydrogen (secondary N) is 1. The van der Waals surface area contributed by atoms with Crippen LogP contribution in [0.15, 0.2) is 71.5 Å². The van der Waals surface area contributed by atoms with Crippen LogP contribution in [0.1, 0.15) is 11.3 Å². The topological polar surface area (TPSA) is 77.6 Å². The molecule has 0 atom stereocenters. The van der Waals surface area contributed by atoms with Crippen molar-refractivity contribution in [1.82, 2.24) is 24.5 Å². The van der Waals surface area contributed by atoms with Gasteiger partial charge in [0, 0.05) is 17.8 Å². The van der Waals surface area contributed by atoms with Crippen LogP contribution in [0.2, 0.25) is 0 Å². The molecule has 1 N–H and O–H groups in total. The van der Waals surface area contributed by atoms with E-state index in [-0.39, 0.29) is 24.1 Å². The van der Waals surface area contributed by atoms with Crippen molar-refractivity contribution in [3.8, 4) is 11.1 Å². The molecule has 0 unspecified atom stereocenters. The minimum Gasteiger partial charge on any atom is -0.307 e. The number of anilines is 1. The fraction of sp³-hybridized carbons (Fsp3) is 0.120. The van der Waals surface area contributed by atoms with Crippen molar-refractivity contribution in [2.45, 2.75) is 20.0 Å². The van der Waals surface area contributed by atoms with Crippen LogP contribution >= 0.6 is 15.9 Å². The SMILES string of the molecule is Cc1nn(CC(=O)Nc2nn(Cc3ccc(F)cc3)cc2Br)c2nccc(-c3ccc(F)cc3)c12. The van der Waals surface area contributed by atoms with Gasteiger partial charge in [-0.3, -0.25) is 9.48 Å². The third-order valence-corrected chi connectivity index (χ3v) is 6.07. The second kappa shape index (κ2) is 9.38. The van der Waals surface area contributed by atoms with Gasteiger partial charge in [0.05, 0.1) is 16.7 Å². The number of aryl methyl sites for hydroxylation is 1. The van der Waals surface area contributed by atoms with Gasteiger partial charge in [-0.25, -0.2) is 18.4 Å². The molecule has 10 heteroatoms. The first-order valence-corrected chi connectivity index (χ1v) is 11.5. The standard InChI is InChI=1S/C25H19BrF2N6O/c1-15-23-20(17-4-8-19(28)9-5-17)10-11-29-25(23)34(31-15)14-22(35)30-24-21(26)13-33(32-24)12-16-2-6-18(27)7-3-16/h2-11,13H,12,14H2,1H3,(H,30,32,35). The summed E-state index contributed by atoms with van der Waals surface area (Å²) in [5.41, 5.74) is 3.84. The van der Waals surface area contributed by atoms with Crippen LogP contribution < -0.4 is 5.32 Å². The van der Waals surface area contributed by atoms with E-state index in [2.05, 4.69) is 36.4 Å². The van der Waals surface area contributed by atoms with Gasteiger partial charge < -0.3 is 5.32 Å². The van der Waals surface area contributed by atoms with Gasteiger partial charge in [0.1, 0.15) is 18.2 Å². The minimum atomic E-state index is -0.323. The Labute approximate surface area is 207 Å². The molecule has 0 saturated carbocycles. The third-order valence-electron chi connectivity index (χ3n) is 5.49. The molecule has 0 aliphatic rings. The molecule has 0 aliphatic carbocycles. The van der Waals surface area contributed by atoms with E-state index in [9.17, 15) is 13.6 Å². The normalized spacial score (nSPS) is 11.2. The minimum absolute atomic E-state index is 0.0680. The molecular weight excluding hydrogens is 518 g/mol. The fourth-order valence-electron chi connectivity index (χ4n) is 3.91. The predicted octanol–water partition coefficient (Wildman–Crippen LogP) is 5.33. The molecule has 0 radical (unpaired) electrons. The first kappa shape index (κ1) is 22.9. The Kier molecular flexibility index (Phi) is 6.12. The van der Waals surface area contributed by atoms with Crippen molar-refractivity contribution in [2.24, 2.45) is 0 Å². The monoisotopic (exact) mass is 536 g/mol. The number of hydrogen-bond acceptors (Lipinski definition) is 4. The number of amides is 1. The van der Waals surface area contributed by atoms with Crippen LogP contribution in [-0.4, -0.2) is 30.5 Å². The lowest BCUT2D eigenvalue weighted by molar-refractivity contribution is -0.116. The molecule has 5 rings (SSSR count). The molecule has 176 valence electrons. The Hall–Kier alpha value is -3.92. The number of pyridine rings is 1. The summed E-state index contributed by atoms with van der Waals surface area (Å²) in [7, 11) is 0. The lowest BCUT2D eigenvalue weighted by Crippen LogP contribution is -2.20. The van der Waals surface area contributed by atoms with E-state index in [1.807, 2.05) is 13.0 Å². The molecule has 2 aromatic carbocycles. The van der Waals surface area contributed by atoms with Gasteiger partial charge in [0.2, 0.25) is 5.91 Å². The number of fused-ring (bicyclic) bond motifs is 1. The van der Waals surface area contributed by atoms with Crippen molar-refractivity contribution < 1.29 is 13.6 Å². The average Bonchev–Trinajstić information content (AvgIpc) is 3.34. The van der Waals surface area contributed by atoms with Crippen molar-refractivity contribution >= 4 is 38.7 Å². The summed E-state index contributed by atoms with van der Waals surface area (Å²) in [6.45, 7) is 2.20. The maximum atomic E-state index is 13.4. The summed E-state index contributed by atoms with van der Waals surface area (Å²) in [4.78, 5) is 17.3.